The van der Waals surface area contributed by atoms with Gasteiger partial charge < -0.3 is 15.1 Å². The van der Waals surface area contributed by atoms with Gasteiger partial charge in [0.1, 0.15) is 0 Å². The maximum absolute atomic E-state index is 12.1. The van der Waals surface area contributed by atoms with Gasteiger partial charge in [0.2, 0.25) is 11.8 Å². The molecule has 1 aromatic carbocycles. The van der Waals surface area contributed by atoms with Crippen LogP contribution in [-0.2, 0) is 10.2 Å². The van der Waals surface area contributed by atoms with Crippen molar-refractivity contribution in [3.8, 4) is 11.8 Å². The molecule has 2 N–H and O–H groups in total. The van der Waals surface area contributed by atoms with Crippen LogP contribution in [0.4, 0.5) is 0 Å². The molecule has 1 saturated carbocycles. The topological polar surface area (TPSA) is 71.7 Å². The van der Waals surface area contributed by atoms with E-state index in [0.717, 1.165) is 16.7 Å². The van der Waals surface area contributed by atoms with E-state index in [-0.39, 0.29) is 29.0 Å². The van der Waals surface area contributed by atoms with E-state index in [0.29, 0.717) is 0 Å². The summed E-state index contributed by atoms with van der Waals surface area (Å²) < 4.78 is 0.737. The molecule has 0 aliphatic heterocycles. The molecule has 0 amide bonds. The Balaban J connectivity index is 1.66. The minimum atomic E-state index is -0.448. The van der Waals surface area contributed by atoms with Gasteiger partial charge in [-0.05, 0) is 28.9 Å². The van der Waals surface area contributed by atoms with E-state index in [1.165, 1.54) is 17.7 Å². The Bertz CT molecular complexity index is 705. The minimum absolute atomic E-state index is 0.101. The molecule has 23 heavy (non-hydrogen) atoms. The third-order valence-electron chi connectivity index (χ3n) is 4.28. The second kappa shape index (κ2) is 5.33. The largest absolute Gasteiger partial charge is 0.492 e. The first-order valence-corrected chi connectivity index (χ1v) is 7.69. The number of hydrogen-bond acceptors (Lipinski definition) is 4. The van der Waals surface area contributed by atoms with Crippen LogP contribution in [-0.4, -0.2) is 20.9 Å². The first-order chi connectivity index (χ1) is 10.8. The monoisotopic (exact) mass is 315 g/mol. The molecule has 1 heterocycles. The van der Waals surface area contributed by atoms with Crippen LogP contribution >= 0.6 is 0 Å². The van der Waals surface area contributed by atoms with Crippen LogP contribution < -0.4 is 4.84 Å². The average molecular weight is 315 g/mol. The number of carbonyl (C=O) groups is 1. The van der Waals surface area contributed by atoms with Gasteiger partial charge in [0.25, 0.3) is 0 Å². The van der Waals surface area contributed by atoms with Crippen LogP contribution in [0.15, 0.2) is 36.4 Å². The number of nitrogens with zero attached hydrogens (tertiary/aromatic N) is 1. The second-order valence-corrected chi connectivity index (χ2v) is 7.08. The maximum Gasteiger partial charge on any atom is 0.336 e. The molecule has 0 bridgehead atoms. The van der Waals surface area contributed by atoms with Gasteiger partial charge in [-0.3, -0.25) is 0 Å². The first-order valence-electron chi connectivity index (χ1n) is 7.69. The van der Waals surface area contributed by atoms with E-state index in [9.17, 15) is 15.0 Å². The lowest BCUT2D eigenvalue weighted by atomic mass is 9.86. The Kier molecular flexibility index (Phi) is 3.59. The van der Waals surface area contributed by atoms with Crippen LogP contribution in [0.25, 0.3) is 0 Å². The van der Waals surface area contributed by atoms with Gasteiger partial charge in [-0.25, -0.2) is 4.79 Å². The van der Waals surface area contributed by atoms with E-state index in [1.807, 2.05) is 0 Å². The van der Waals surface area contributed by atoms with Crippen molar-refractivity contribution in [1.82, 2.24) is 4.73 Å². The number of rotatable bonds is 3. The summed E-state index contributed by atoms with van der Waals surface area (Å²) in [6, 6.07) is 10.8. The normalized spacial score (nSPS) is 20.3. The molecule has 1 aliphatic carbocycles. The fraction of sp³-hybridized carbons (Fsp3) is 0.389. The SMILES string of the molecule is CC(C)(C)c1ccc(C2CC2C(=O)On2c(O)ccc2O)cc1. The Labute approximate surface area is 135 Å². The lowest BCUT2D eigenvalue weighted by Crippen LogP contribution is -2.21. The van der Waals surface area contributed by atoms with Crippen LogP contribution in [0.2, 0.25) is 0 Å². The van der Waals surface area contributed by atoms with Crippen molar-refractivity contribution in [1.29, 1.82) is 0 Å². The molecule has 2 aromatic rings. The molecule has 0 saturated heterocycles. The summed E-state index contributed by atoms with van der Waals surface area (Å²) in [5.74, 6) is -1.16. The third kappa shape index (κ3) is 3.04. The highest BCUT2D eigenvalue weighted by atomic mass is 16.7. The molecule has 1 fully saturated rings. The second-order valence-electron chi connectivity index (χ2n) is 7.08. The predicted molar refractivity (Wildman–Crippen MR) is 85.3 cm³/mol. The summed E-state index contributed by atoms with van der Waals surface area (Å²) >= 11 is 0. The zero-order chi connectivity index (χ0) is 16.8. The average Bonchev–Trinajstić information content (AvgIpc) is 3.24. The summed E-state index contributed by atoms with van der Waals surface area (Å²) in [7, 11) is 0. The maximum atomic E-state index is 12.1. The Morgan fingerprint density at radius 3 is 2.17 bits per heavy atom. The minimum Gasteiger partial charge on any atom is -0.492 e. The van der Waals surface area contributed by atoms with Crippen molar-refractivity contribution in [2.45, 2.75) is 38.5 Å². The lowest BCUT2D eigenvalue weighted by molar-refractivity contribution is -0.147. The molecule has 2 atom stereocenters. The molecule has 122 valence electrons. The van der Waals surface area contributed by atoms with Gasteiger partial charge in [0, 0.05) is 12.1 Å². The zero-order valence-corrected chi connectivity index (χ0v) is 13.5. The van der Waals surface area contributed by atoms with Gasteiger partial charge in [-0.1, -0.05) is 45.0 Å². The number of benzene rings is 1. The molecule has 3 rings (SSSR count). The van der Waals surface area contributed by atoms with Gasteiger partial charge in [-0.15, -0.1) is 4.73 Å². The molecule has 5 nitrogen and oxygen atoms in total. The molecule has 2 unspecified atom stereocenters. The van der Waals surface area contributed by atoms with E-state index in [4.69, 9.17) is 4.84 Å². The van der Waals surface area contributed by atoms with Crippen molar-refractivity contribution in [2.75, 3.05) is 0 Å². The summed E-state index contributed by atoms with van der Waals surface area (Å²) in [5.41, 5.74) is 2.47. The predicted octanol–water partition coefficient (Wildman–Crippen LogP) is 2.96. The number of carbonyl (C=O) groups excluding carboxylic acids is 1. The van der Waals surface area contributed by atoms with Crippen molar-refractivity contribution in [3.63, 3.8) is 0 Å². The smallest absolute Gasteiger partial charge is 0.336 e. The molecule has 1 aliphatic rings. The highest BCUT2D eigenvalue weighted by molar-refractivity contribution is 5.77. The Hall–Kier alpha value is -2.43. The first kappa shape index (κ1) is 15.5. The quantitative estimate of drug-likeness (QED) is 0.913. The number of aromatic hydroxyl groups is 2. The summed E-state index contributed by atoms with van der Waals surface area (Å²) in [4.78, 5) is 17.2. The van der Waals surface area contributed by atoms with Crippen molar-refractivity contribution in [3.05, 3.63) is 47.5 Å². The summed E-state index contributed by atoms with van der Waals surface area (Å²) in [6.45, 7) is 6.49. The number of hydrogen-bond donors (Lipinski definition) is 2. The van der Waals surface area contributed by atoms with E-state index < -0.39 is 5.97 Å². The standard InChI is InChI=1S/C18H21NO4/c1-18(2,3)12-6-4-11(5-7-12)13-10-14(13)17(22)23-19-15(20)8-9-16(19)21/h4-9,13-14,20-21H,10H2,1-3H3. The van der Waals surface area contributed by atoms with Crippen LogP contribution in [0.1, 0.15) is 44.2 Å². The molecule has 0 radical (unpaired) electrons. The molecule has 0 spiro atoms. The number of aromatic nitrogens is 1. The molecular formula is C18H21NO4. The Morgan fingerprint density at radius 2 is 1.65 bits per heavy atom. The fourth-order valence-corrected chi connectivity index (χ4v) is 2.71. The van der Waals surface area contributed by atoms with Crippen LogP contribution in [0.3, 0.4) is 0 Å². The van der Waals surface area contributed by atoms with Crippen molar-refractivity contribution in [2.24, 2.45) is 5.92 Å². The van der Waals surface area contributed by atoms with Gasteiger partial charge >= 0.3 is 5.97 Å². The van der Waals surface area contributed by atoms with Crippen molar-refractivity contribution >= 4 is 5.97 Å². The molecule has 1 aromatic heterocycles. The molecule has 5 heteroatoms. The van der Waals surface area contributed by atoms with E-state index in [1.54, 1.807) is 0 Å². The van der Waals surface area contributed by atoms with Crippen LogP contribution in [0.5, 0.6) is 11.8 Å². The summed E-state index contributed by atoms with van der Waals surface area (Å²) in [5, 5.41) is 19.0. The highest BCUT2D eigenvalue weighted by Crippen LogP contribution is 2.48. The third-order valence-corrected chi connectivity index (χ3v) is 4.28. The van der Waals surface area contributed by atoms with Gasteiger partial charge in [-0.2, -0.15) is 0 Å². The Morgan fingerprint density at radius 1 is 1.09 bits per heavy atom. The molecular weight excluding hydrogens is 294 g/mol. The summed E-state index contributed by atoms with van der Waals surface area (Å²) in [6.07, 6.45) is 0.719. The van der Waals surface area contributed by atoms with Crippen LogP contribution in [0, 0.1) is 5.92 Å². The van der Waals surface area contributed by atoms with E-state index in [2.05, 4.69) is 45.0 Å². The van der Waals surface area contributed by atoms with Gasteiger partial charge in [0.05, 0.1) is 5.92 Å². The van der Waals surface area contributed by atoms with E-state index >= 15 is 0 Å². The fourth-order valence-electron chi connectivity index (χ4n) is 2.71. The highest BCUT2D eigenvalue weighted by Gasteiger charge is 2.46. The van der Waals surface area contributed by atoms with Crippen molar-refractivity contribution < 1.29 is 19.8 Å². The lowest BCUT2D eigenvalue weighted by Gasteiger charge is -2.19. The van der Waals surface area contributed by atoms with Gasteiger partial charge in [0.15, 0.2) is 0 Å². The zero-order valence-electron chi connectivity index (χ0n) is 13.5.